The van der Waals surface area contributed by atoms with Gasteiger partial charge in [-0.2, -0.15) is 0 Å². The molecule has 0 saturated carbocycles. The second-order valence-corrected chi connectivity index (χ2v) is 6.55. The molecule has 2 saturated heterocycles. The molecule has 22 heavy (non-hydrogen) atoms. The van der Waals surface area contributed by atoms with Crippen LogP contribution in [0, 0.1) is 6.92 Å². The summed E-state index contributed by atoms with van der Waals surface area (Å²) in [5, 5.41) is 0. The van der Waals surface area contributed by atoms with Crippen molar-refractivity contribution in [2.45, 2.75) is 44.9 Å². The van der Waals surface area contributed by atoms with Gasteiger partial charge in [-0.25, -0.2) is 0 Å². The number of rotatable bonds is 4. The van der Waals surface area contributed by atoms with Gasteiger partial charge >= 0.3 is 0 Å². The molecule has 0 aromatic carbocycles. The predicted octanol–water partition coefficient (Wildman–Crippen LogP) is 2.83. The van der Waals surface area contributed by atoms with Crippen molar-refractivity contribution in [1.29, 1.82) is 0 Å². The van der Waals surface area contributed by atoms with Crippen molar-refractivity contribution >= 4 is 0 Å². The van der Waals surface area contributed by atoms with Crippen LogP contribution < -0.4 is 0 Å². The normalized spacial score (nSPS) is 25.7. The Kier molecular flexibility index (Phi) is 3.72. The van der Waals surface area contributed by atoms with E-state index < -0.39 is 0 Å². The van der Waals surface area contributed by atoms with E-state index >= 15 is 0 Å². The summed E-state index contributed by atoms with van der Waals surface area (Å²) in [5.41, 5.74) is 3.61. The van der Waals surface area contributed by atoms with Crippen molar-refractivity contribution in [3.8, 4) is 0 Å². The van der Waals surface area contributed by atoms with Gasteiger partial charge in [0.1, 0.15) is 0 Å². The van der Waals surface area contributed by atoms with Crippen molar-refractivity contribution in [1.82, 2.24) is 14.8 Å². The van der Waals surface area contributed by atoms with Crippen molar-refractivity contribution in [2.75, 3.05) is 13.1 Å². The Balaban J connectivity index is 1.42. The molecule has 2 atom stereocenters. The fourth-order valence-electron chi connectivity index (χ4n) is 4.07. The Morgan fingerprint density at radius 2 is 1.86 bits per heavy atom. The van der Waals surface area contributed by atoms with Crippen LogP contribution in [0.1, 0.15) is 29.8 Å². The summed E-state index contributed by atoms with van der Waals surface area (Å²) in [6, 6.07) is 9.80. The number of aromatic nitrogens is 1. The summed E-state index contributed by atoms with van der Waals surface area (Å²) in [6.45, 7) is 6.46. The molecule has 4 nitrogen and oxygen atoms in total. The van der Waals surface area contributed by atoms with Crippen molar-refractivity contribution in [2.24, 2.45) is 0 Å². The SMILES string of the molecule is Cc1cccc(CN2CC[C@@H]3[C@@H]2CCN3Cc2ccoc2)n1. The van der Waals surface area contributed by atoms with E-state index in [2.05, 4.69) is 46.0 Å². The molecule has 0 unspecified atom stereocenters. The van der Waals surface area contributed by atoms with Gasteiger partial charge in [-0.05, 0) is 38.0 Å². The zero-order chi connectivity index (χ0) is 14.9. The number of aryl methyl sites for hydroxylation is 1. The Hall–Kier alpha value is -1.65. The van der Waals surface area contributed by atoms with Crippen molar-refractivity contribution in [3.63, 3.8) is 0 Å². The second-order valence-electron chi connectivity index (χ2n) is 6.55. The Bertz CT molecular complexity index is 625. The van der Waals surface area contributed by atoms with Gasteiger partial charge < -0.3 is 4.42 Å². The minimum atomic E-state index is 0.689. The molecule has 116 valence electrons. The summed E-state index contributed by atoms with van der Waals surface area (Å²) in [4.78, 5) is 9.91. The molecule has 2 aliphatic rings. The molecule has 0 N–H and O–H groups in total. The molecule has 2 aliphatic heterocycles. The number of hydrogen-bond acceptors (Lipinski definition) is 4. The van der Waals surface area contributed by atoms with E-state index in [1.807, 2.05) is 6.26 Å². The lowest BCUT2D eigenvalue weighted by Crippen LogP contribution is -2.36. The van der Waals surface area contributed by atoms with Crippen LogP contribution in [0.25, 0.3) is 0 Å². The molecule has 0 aliphatic carbocycles. The van der Waals surface area contributed by atoms with Gasteiger partial charge in [0.25, 0.3) is 0 Å². The van der Waals surface area contributed by atoms with Gasteiger partial charge in [0.2, 0.25) is 0 Å². The summed E-state index contributed by atoms with van der Waals surface area (Å²) >= 11 is 0. The van der Waals surface area contributed by atoms with Crippen molar-refractivity contribution in [3.05, 3.63) is 53.7 Å². The van der Waals surface area contributed by atoms with Crippen LogP contribution in [-0.2, 0) is 13.1 Å². The number of fused-ring (bicyclic) bond motifs is 1. The van der Waals surface area contributed by atoms with Crippen LogP contribution in [-0.4, -0.2) is 40.0 Å². The highest BCUT2D eigenvalue weighted by Crippen LogP contribution is 2.33. The Labute approximate surface area is 131 Å². The fraction of sp³-hybridized carbons (Fsp3) is 0.500. The van der Waals surface area contributed by atoms with Crippen LogP contribution in [0.15, 0.2) is 41.2 Å². The third kappa shape index (κ3) is 2.69. The Morgan fingerprint density at radius 1 is 1.09 bits per heavy atom. The number of likely N-dealkylation sites (tertiary alicyclic amines) is 2. The van der Waals surface area contributed by atoms with E-state index in [0.29, 0.717) is 12.1 Å². The maximum Gasteiger partial charge on any atom is 0.0947 e. The van der Waals surface area contributed by atoms with E-state index in [0.717, 1.165) is 18.8 Å². The maximum absolute atomic E-state index is 5.20. The first-order valence-corrected chi connectivity index (χ1v) is 8.21. The zero-order valence-electron chi connectivity index (χ0n) is 13.1. The molecule has 4 heteroatoms. The third-order valence-corrected chi connectivity index (χ3v) is 5.08. The highest BCUT2D eigenvalue weighted by molar-refractivity contribution is 5.12. The first-order valence-electron chi connectivity index (χ1n) is 8.21. The molecule has 2 fully saturated rings. The van der Waals surface area contributed by atoms with E-state index in [1.54, 1.807) is 6.26 Å². The quantitative estimate of drug-likeness (QED) is 0.869. The molecule has 4 rings (SSSR count). The zero-order valence-corrected chi connectivity index (χ0v) is 13.1. The van der Waals surface area contributed by atoms with Crippen molar-refractivity contribution < 1.29 is 4.42 Å². The van der Waals surface area contributed by atoms with Crippen LogP contribution in [0.3, 0.4) is 0 Å². The average Bonchev–Trinajstić information content (AvgIpc) is 3.20. The second kappa shape index (κ2) is 5.86. The maximum atomic E-state index is 5.20. The van der Waals surface area contributed by atoms with Crippen LogP contribution >= 0.6 is 0 Å². The van der Waals surface area contributed by atoms with E-state index in [9.17, 15) is 0 Å². The summed E-state index contributed by atoms with van der Waals surface area (Å²) in [7, 11) is 0. The highest BCUT2D eigenvalue weighted by atomic mass is 16.3. The van der Waals surface area contributed by atoms with Gasteiger partial charge in [0.15, 0.2) is 0 Å². The van der Waals surface area contributed by atoms with E-state index in [1.165, 1.54) is 37.2 Å². The first-order chi connectivity index (χ1) is 10.8. The first kappa shape index (κ1) is 14.0. The lowest BCUT2D eigenvalue weighted by molar-refractivity contribution is 0.211. The standard InChI is InChI=1S/C18H23N3O/c1-14-3-2-4-16(19-14)12-21-9-6-17-18(21)5-8-20(17)11-15-7-10-22-13-15/h2-4,7,10,13,17-18H,5-6,8-9,11-12H2,1H3/t17-,18+/m1/s1. The molecule has 2 aromatic heterocycles. The molecule has 0 spiro atoms. The Morgan fingerprint density at radius 3 is 2.55 bits per heavy atom. The molecule has 0 amide bonds. The minimum absolute atomic E-state index is 0.689. The average molecular weight is 297 g/mol. The van der Waals surface area contributed by atoms with Gasteiger partial charge in [0, 0.05) is 49.5 Å². The lowest BCUT2D eigenvalue weighted by atomic mass is 10.1. The van der Waals surface area contributed by atoms with Crippen LogP contribution in [0.5, 0.6) is 0 Å². The highest BCUT2D eigenvalue weighted by Gasteiger charge is 2.42. The lowest BCUT2D eigenvalue weighted by Gasteiger charge is -2.25. The monoisotopic (exact) mass is 297 g/mol. The predicted molar refractivity (Wildman–Crippen MR) is 85.3 cm³/mol. The minimum Gasteiger partial charge on any atom is -0.472 e. The van der Waals surface area contributed by atoms with E-state index in [4.69, 9.17) is 4.42 Å². The summed E-state index contributed by atoms with van der Waals surface area (Å²) in [5.74, 6) is 0. The largest absolute Gasteiger partial charge is 0.472 e. The third-order valence-electron chi connectivity index (χ3n) is 5.08. The molecule has 4 heterocycles. The number of pyridine rings is 1. The molecule has 0 bridgehead atoms. The van der Waals surface area contributed by atoms with Crippen LogP contribution in [0.2, 0.25) is 0 Å². The molecular weight excluding hydrogens is 274 g/mol. The van der Waals surface area contributed by atoms with Gasteiger partial charge in [-0.1, -0.05) is 6.07 Å². The van der Waals surface area contributed by atoms with E-state index in [-0.39, 0.29) is 0 Å². The van der Waals surface area contributed by atoms with Gasteiger partial charge in [-0.15, -0.1) is 0 Å². The topological polar surface area (TPSA) is 32.5 Å². The number of furan rings is 1. The van der Waals surface area contributed by atoms with Gasteiger partial charge in [0.05, 0.1) is 18.2 Å². The fourth-order valence-corrected chi connectivity index (χ4v) is 4.07. The number of nitrogens with zero attached hydrogens (tertiary/aromatic N) is 3. The van der Waals surface area contributed by atoms with Gasteiger partial charge in [-0.3, -0.25) is 14.8 Å². The molecular formula is C18H23N3O. The summed E-state index contributed by atoms with van der Waals surface area (Å²) < 4.78 is 5.20. The molecule has 2 aromatic rings. The number of hydrogen-bond donors (Lipinski definition) is 0. The smallest absolute Gasteiger partial charge is 0.0947 e. The summed E-state index contributed by atoms with van der Waals surface area (Å²) in [6.07, 6.45) is 6.19. The van der Waals surface area contributed by atoms with Crippen LogP contribution in [0.4, 0.5) is 0 Å². The molecule has 0 radical (unpaired) electrons.